The van der Waals surface area contributed by atoms with Gasteiger partial charge in [0.1, 0.15) is 11.8 Å². The number of sulfonamides is 1. The summed E-state index contributed by atoms with van der Waals surface area (Å²) in [7, 11) is -3.93. The third kappa shape index (κ3) is 5.50. The predicted molar refractivity (Wildman–Crippen MR) is 145 cm³/mol. The molecule has 0 bridgehead atoms. The molecule has 194 valence electrons. The van der Waals surface area contributed by atoms with Crippen molar-refractivity contribution in [3.05, 3.63) is 83.9 Å². The number of carbonyl (C=O) groups is 1. The second kappa shape index (κ2) is 10.9. The molecule has 2 aliphatic heterocycles. The van der Waals surface area contributed by atoms with Crippen LogP contribution in [0.3, 0.4) is 0 Å². The number of ether oxygens (including phenoxy) is 1. The zero-order valence-corrected chi connectivity index (χ0v) is 21.9. The molecule has 5 rings (SSSR count). The van der Waals surface area contributed by atoms with Crippen LogP contribution in [-0.2, 0) is 27.8 Å². The SMILES string of the molecule is CCOc1ccc(S(=O)(=O)N2Cc3ccccc3C[C@H]2C(=O)Nc2ccc(N3CCCCC3)cc2)cc1. The van der Waals surface area contributed by atoms with Crippen molar-refractivity contribution in [2.24, 2.45) is 0 Å². The average Bonchev–Trinajstić information content (AvgIpc) is 2.93. The van der Waals surface area contributed by atoms with Crippen LogP contribution in [0.5, 0.6) is 5.75 Å². The summed E-state index contributed by atoms with van der Waals surface area (Å²) < 4.78 is 34.3. The number of piperidine rings is 1. The predicted octanol–water partition coefficient (Wildman–Crippen LogP) is 4.83. The van der Waals surface area contributed by atoms with Crippen molar-refractivity contribution >= 4 is 27.3 Å². The number of fused-ring (bicyclic) bond motifs is 1. The van der Waals surface area contributed by atoms with E-state index in [4.69, 9.17) is 4.74 Å². The molecular weight excluding hydrogens is 486 g/mol. The van der Waals surface area contributed by atoms with Gasteiger partial charge >= 0.3 is 0 Å². The fourth-order valence-electron chi connectivity index (χ4n) is 5.12. The summed E-state index contributed by atoms with van der Waals surface area (Å²) in [6.07, 6.45) is 3.97. The van der Waals surface area contributed by atoms with Gasteiger partial charge < -0.3 is 15.0 Å². The van der Waals surface area contributed by atoms with Crippen molar-refractivity contribution in [1.29, 1.82) is 0 Å². The van der Waals surface area contributed by atoms with Gasteiger partial charge in [0.2, 0.25) is 15.9 Å². The Kier molecular flexibility index (Phi) is 7.48. The maximum atomic E-state index is 13.8. The van der Waals surface area contributed by atoms with Crippen LogP contribution in [0.25, 0.3) is 0 Å². The third-order valence-electron chi connectivity index (χ3n) is 7.11. The van der Waals surface area contributed by atoms with Gasteiger partial charge in [-0.3, -0.25) is 4.79 Å². The van der Waals surface area contributed by atoms with Crippen LogP contribution in [-0.4, -0.2) is 44.4 Å². The number of rotatable bonds is 7. The minimum atomic E-state index is -3.93. The van der Waals surface area contributed by atoms with E-state index in [1.807, 2.05) is 55.5 Å². The van der Waals surface area contributed by atoms with Crippen LogP contribution in [0, 0.1) is 0 Å². The number of carbonyl (C=O) groups excluding carboxylic acids is 1. The van der Waals surface area contributed by atoms with Crippen LogP contribution < -0.4 is 15.0 Å². The minimum absolute atomic E-state index is 0.137. The van der Waals surface area contributed by atoms with Crippen molar-refractivity contribution in [2.45, 2.75) is 50.1 Å². The second-order valence-electron chi connectivity index (χ2n) is 9.53. The van der Waals surface area contributed by atoms with E-state index in [-0.39, 0.29) is 17.3 Å². The third-order valence-corrected chi connectivity index (χ3v) is 8.97. The number of nitrogens with zero attached hydrogens (tertiary/aromatic N) is 2. The van der Waals surface area contributed by atoms with E-state index in [0.29, 0.717) is 24.5 Å². The molecule has 1 saturated heterocycles. The molecular formula is C29H33N3O4S. The molecule has 0 aromatic heterocycles. The monoisotopic (exact) mass is 519 g/mol. The molecule has 1 amide bonds. The maximum absolute atomic E-state index is 13.8. The fourth-order valence-corrected chi connectivity index (χ4v) is 6.68. The number of nitrogens with one attached hydrogen (secondary N) is 1. The summed E-state index contributed by atoms with van der Waals surface area (Å²) in [6.45, 7) is 4.60. The molecule has 0 aliphatic carbocycles. The zero-order chi connectivity index (χ0) is 25.8. The van der Waals surface area contributed by atoms with Gasteiger partial charge in [-0.25, -0.2) is 8.42 Å². The Labute approximate surface area is 219 Å². The highest BCUT2D eigenvalue weighted by atomic mass is 32.2. The highest BCUT2D eigenvalue weighted by Gasteiger charge is 2.39. The molecule has 0 saturated carbocycles. The average molecular weight is 520 g/mol. The van der Waals surface area contributed by atoms with E-state index in [1.165, 1.54) is 35.7 Å². The maximum Gasteiger partial charge on any atom is 0.244 e. The molecule has 3 aromatic carbocycles. The molecule has 0 unspecified atom stereocenters. The number of anilines is 2. The highest BCUT2D eigenvalue weighted by molar-refractivity contribution is 7.89. The Morgan fingerprint density at radius 3 is 2.27 bits per heavy atom. The number of amides is 1. The lowest BCUT2D eigenvalue weighted by Crippen LogP contribution is -2.50. The van der Waals surface area contributed by atoms with Crippen LogP contribution in [0.1, 0.15) is 37.3 Å². The number of hydrogen-bond acceptors (Lipinski definition) is 5. The Morgan fingerprint density at radius 1 is 0.919 bits per heavy atom. The first-order valence-electron chi connectivity index (χ1n) is 12.9. The summed E-state index contributed by atoms with van der Waals surface area (Å²) >= 11 is 0. The summed E-state index contributed by atoms with van der Waals surface area (Å²) in [4.78, 5) is 16.0. The molecule has 0 spiro atoms. The van der Waals surface area contributed by atoms with E-state index in [0.717, 1.165) is 29.9 Å². The largest absolute Gasteiger partial charge is 0.494 e. The lowest BCUT2D eigenvalue weighted by atomic mass is 9.95. The van der Waals surface area contributed by atoms with Gasteiger partial charge in [0.05, 0.1) is 11.5 Å². The van der Waals surface area contributed by atoms with E-state index >= 15 is 0 Å². The molecule has 1 atom stereocenters. The van der Waals surface area contributed by atoms with Crippen LogP contribution in [0.15, 0.2) is 77.7 Å². The molecule has 7 nitrogen and oxygen atoms in total. The Hall–Kier alpha value is -3.36. The Balaban J connectivity index is 1.39. The molecule has 3 aromatic rings. The van der Waals surface area contributed by atoms with Crippen molar-refractivity contribution in [1.82, 2.24) is 4.31 Å². The molecule has 0 radical (unpaired) electrons. The molecule has 1 fully saturated rings. The number of hydrogen-bond donors (Lipinski definition) is 1. The van der Waals surface area contributed by atoms with Gasteiger partial charge in [0.15, 0.2) is 0 Å². The van der Waals surface area contributed by atoms with Gasteiger partial charge in [-0.05, 0) is 92.3 Å². The Bertz CT molecular complexity index is 1330. The van der Waals surface area contributed by atoms with E-state index in [1.54, 1.807) is 12.1 Å². The normalized spacial score (nSPS) is 18.2. The van der Waals surface area contributed by atoms with E-state index in [2.05, 4.69) is 10.2 Å². The van der Waals surface area contributed by atoms with Gasteiger partial charge in [-0.15, -0.1) is 0 Å². The fraction of sp³-hybridized carbons (Fsp3) is 0.345. The Morgan fingerprint density at radius 2 is 1.59 bits per heavy atom. The smallest absolute Gasteiger partial charge is 0.244 e. The first-order valence-corrected chi connectivity index (χ1v) is 14.4. The molecule has 8 heteroatoms. The lowest BCUT2D eigenvalue weighted by molar-refractivity contribution is -0.120. The molecule has 37 heavy (non-hydrogen) atoms. The first kappa shape index (κ1) is 25.3. The van der Waals surface area contributed by atoms with Crippen LogP contribution >= 0.6 is 0 Å². The minimum Gasteiger partial charge on any atom is -0.494 e. The lowest BCUT2D eigenvalue weighted by Gasteiger charge is -2.35. The van der Waals surface area contributed by atoms with E-state index < -0.39 is 16.1 Å². The summed E-state index contributed by atoms with van der Waals surface area (Å²) in [5.41, 5.74) is 3.69. The van der Waals surface area contributed by atoms with Crippen molar-refractivity contribution in [3.63, 3.8) is 0 Å². The highest BCUT2D eigenvalue weighted by Crippen LogP contribution is 2.31. The van der Waals surface area contributed by atoms with Gasteiger partial charge in [-0.2, -0.15) is 4.31 Å². The van der Waals surface area contributed by atoms with Gasteiger partial charge in [0.25, 0.3) is 0 Å². The van der Waals surface area contributed by atoms with Crippen molar-refractivity contribution in [2.75, 3.05) is 29.9 Å². The molecule has 2 heterocycles. The van der Waals surface area contributed by atoms with Crippen LogP contribution in [0.4, 0.5) is 11.4 Å². The second-order valence-corrected chi connectivity index (χ2v) is 11.4. The molecule has 1 N–H and O–H groups in total. The topological polar surface area (TPSA) is 79.0 Å². The first-order chi connectivity index (χ1) is 18.0. The van der Waals surface area contributed by atoms with Crippen molar-refractivity contribution < 1.29 is 17.9 Å². The zero-order valence-electron chi connectivity index (χ0n) is 21.1. The van der Waals surface area contributed by atoms with Crippen molar-refractivity contribution in [3.8, 4) is 5.75 Å². The van der Waals surface area contributed by atoms with Gasteiger partial charge in [-0.1, -0.05) is 24.3 Å². The van der Waals surface area contributed by atoms with Crippen LogP contribution in [0.2, 0.25) is 0 Å². The molecule has 2 aliphatic rings. The number of benzene rings is 3. The summed E-state index contributed by atoms with van der Waals surface area (Å²) in [5, 5.41) is 2.97. The van der Waals surface area contributed by atoms with E-state index in [9.17, 15) is 13.2 Å². The standard InChI is InChI=1S/C29H33N3O4S/c1-2-36-26-14-16-27(17-15-26)37(34,35)32-21-23-9-5-4-8-22(23)20-28(32)29(33)30-24-10-12-25(13-11-24)31-18-6-3-7-19-31/h4-5,8-17,28H,2-3,6-7,18-21H2,1H3,(H,30,33)/t28-/m0/s1. The van der Waals surface area contributed by atoms with Gasteiger partial charge in [0, 0.05) is 31.0 Å². The quantitative estimate of drug-likeness (QED) is 0.484. The summed E-state index contributed by atoms with van der Waals surface area (Å²) in [6, 6.07) is 21.0. The summed E-state index contributed by atoms with van der Waals surface area (Å²) in [5.74, 6) is 0.266.